The Labute approximate surface area is 124 Å². The summed E-state index contributed by atoms with van der Waals surface area (Å²) in [5.41, 5.74) is 0.218. The molecule has 0 aromatic heterocycles. The van der Waals surface area contributed by atoms with Gasteiger partial charge in [-0.1, -0.05) is 6.92 Å². The molecule has 0 aromatic carbocycles. The highest BCUT2D eigenvalue weighted by molar-refractivity contribution is 4.91. The van der Waals surface area contributed by atoms with Crippen molar-refractivity contribution in [1.82, 2.24) is 15.1 Å². The zero-order valence-electron chi connectivity index (χ0n) is 14.0. The molecule has 2 heterocycles. The molecule has 2 aliphatic heterocycles. The summed E-state index contributed by atoms with van der Waals surface area (Å²) in [6, 6.07) is 1.34. The first kappa shape index (κ1) is 16.2. The summed E-state index contributed by atoms with van der Waals surface area (Å²) in [7, 11) is 2.25. The molecule has 20 heavy (non-hydrogen) atoms. The van der Waals surface area contributed by atoms with Crippen molar-refractivity contribution in [2.24, 2.45) is 5.92 Å². The fraction of sp³-hybridized carbons (Fsp3) is 1.00. The van der Waals surface area contributed by atoms with Crippen molar-refractivity contribution in [1.29, 1.82) is 0 Å². The van der Waals surface area contributed by atoms with E-state index in [4.69, 9.17) is 4.74 Å². The Kier molecular flexibility index (Phi) is 5.46. The number of ether oxygens (including phenoxy) is 1. The van der Waals surface area contributed by atoms with E-state index in [1.54, 1.807) is 0 Å². The number of morpholine rings is 1. The van der Waals surface area contributed by atoms with E-state index < -0.39 is 0 Å². The molecule has 4 heteroatoms. The number of likely N-dealkylation sites (tertiary alicyclic amines) is 1. The quantitative estimate of drug-likeness (QED) is 0.844. The molecule has 2 aliphatic rings. The van der Waals surface area contributed by atoms with Crippen LogP contribution in [-0.2, 0) is 4.74 Å². The second kappa shape index (κ2) is 6.73. The van der Waals surface area contributed by atoms with Gasteiger partial charge in [-0.2, -0.15) is 0 Å². The third-order valence-electron chi connectivity index (χ3n) is 5.27. The highest BCUT2D eigenvalue weighted by Gasteiger charge is 2.32. The highest BCUT2D eigenvalue weighted by atomic mass is 16.5. The van der Waals surface area contributed by atoms with Gasteiger partial charge in [-0.25, -0.2) is 0 Å². The van der Waals surface area contributed by atoms with E-state index in [1.807, 2.05) is 0 Å². The Morgan fingerprint density at radius 2 is 1.85 bits per heavy atom. The van der Waals surface area contributed by atoms with Crippen LogP contribution < -0.4 is 5.32 Å². The van der Waals surface area contributed by atoms with Gasteiger partial charge in [-0.3, -0.25) is 4.90 Å². The average Bonchev–Trinajstić information content (AvgIpc) is 2.42. The summed E-state index contributed by atoms with van der Waals surface area (Å²) in [5.74, 6) is 0.733. The van der Waals surface area contributed by atoms with Gasteiger partial charge in [0, 0.05) is 43.8 Å². The molecule has 2 rings (SSSR count). The van der Waals surface area contributed by atoms with Crippen LogP contribution in [-0.4, -0.2) is 73.9 Å². The average molecular weight is 283 g/mol. The maximum atomic E-state index is 5.46. The lowest BCUT2D eigenvalue weighted by Gasteiger charge is -2.44. The molecule has 1 N–H and O–H groups in total. The fourth-order valence-electron chi connectivity index (χ4n) is 3.49. The third kappa shape index (κ3) is 3.94. The number of piperidine rings is 1. The summed E-state index contributed by atoms with van der Waals surface area (Å²) in [6.07, 6.45) is 1.26. The van der Waals surface area contributed by atoms with Crippen molar-refractivity contribution in [3.05, 3.63) is 0 Å². The fourth-order valence-corrected chi connectivity index (χ4v) is 3.49. The van der Waals surface area contributed by atoms with Gasteiger partial charge in [0.25, 0.3) is 0 Å². The first-order valence-electron chi connectivity index (χ1n) is 8.16. The molecule has 3 unspecified atom stereocenters. The van der Waals surface area contributed by atoms with E-state index in [0.29, 0.717) is 12.1 Å². The van der Waals surface area contributed by atoms with Crippen LogP contribution in [0, 0.1) is 5.92 Å². The zero-order valence-corrected chi connectivity index (χ0v) is 14.0. The van der Waals surface area contributed by atoms with Crippen LogP contribution in [0.25, 0.3) is 0 Å². The van der Waals surface area contributed by atoms with Gasteiger partial charge < -0.3 is 15.0 Å². The van der Waals surface area contributed by atoms with Crippen LogP contribution in [0.2, 0.25) is 0 Å². The number of hydrogen-bond acceptors (Lipinski definition) is 4. The van der Waals surface area contributed by atoms with Crippen LogP contribution in [0.4, 0.5) is 0 Å². The molecule has 2 fully saturated rings. The van der Waals surface area contributed by atoms with Crippen molar-refractivity contribution in [2.45, 2.75) is 51.7 Å². The van der Waals surface area contributed by atoms with E-state index in [0.717, 1.165) is 38.8 Å². The standard InChI is InChI=1S/C16H33N3O/c1-13-11-18(5)14(2)10-15(13)17-12-16(3,4)19-6-8-20-9-7-19/h13-15,17H,6-12H2,1-5H3. The minimum absolute atomic E-state index is 0.218. The number of rotatable bonds is 4. The zero-order chi connectivity index (χ0) is 14.8. The Hall–Kier alpha value is -0.160. The molecule has 118 valence electrons. The van der Waals surface area contributed by atoms with Crippen molar-refractivity contribution in [3.63, 3.8) is 0 Å². The monoisotopic (exact) mass is 283 g/mol. The minimum Gasteiger partial charge on any atom is -0.379 e. The van der Waals surface area contributed by atoms with Crippen molar-refractivity contribution >= 4 is 0 Å². The Balaban J connectivity index is 1.83. The number of nitrogens with one attached hydrogen (secondary N) is 1. The van der Waals surface area contributed by atoms with Gasteiger partial charge in [0.15, 0.2) is 0 Å². The van der Waals surface area contributed by atoms with E-state index in [-0.39, 0.29) is 5.54 Å². The van der Waals surface area contributed by atoms with Crippen LogP contribution in [0.3, 0.4) is 0 Å². The van der Waals surface area contributed by atoms with Crippen molar-refractivity contribution in [2.75, 3.05) is 46.4 Å². The van der Waals surface area contributed by atoms with Crippen LogP contribution in [0.15, 0.2) is 0 Å². The lowest BCUT2D eigenvalue weighted by Crippen LogP contribution is -2.58. The van der Waals surface area contributed by atoms with Gasteiger partial charge in [-0.05, 0) is 40.2 Å². The van der Waals surface area contributed by atoms with Gasteiger partial charge in [0.1, 0.15) is 0 Å². The topological polar surface area (TPSA) is 27.7 Å². The van der Waals surface area contributed by atoms with Crippen molar-refractivity contribution in [3.8, 4) is 0 Å². The predicted molar refractivity (Wildman–Crippen MR) is 84.1 cm³/mol. The van der Waals surface area contributed by atoms with Gasteiger partial charge in [0.2, 0.25) is 0 Å². The van der Waals surface area contributed by atoms with Gasteiger partial charge in [0.05, 0.1) is 13.2 Å². The lowest BCUT2D eigenvalue weighted by molar-refractivity contribution is -0.0122. The third-order valence-corrected chi connectivity index (χ3v) is 5.27. The molecule has 0 amide bonds. The molecule has 3 atom stereocenters. The first-order valence-corrected chi connectivity index (χ1v) is 8.16. The molecule has 0 bridgehead atoms. The lowest BCUT2D eigenvalue weighted by atomic mass is 9.89. The van der Waals surface area contributed by atoms with E-state index in [2.05, 4.69) is 49.9 Å². The summed E-state index contributed by atoms with van der Waals surface area (Å²) < 4.78 is 5.46. The molecular weight excluding hydrogens is 250 g/mol. The molecule has 0 aliphatic carbocycles. The smallest absolute Gasteiger partial charge is 0.0594 e. The predicted octanol–water partition coefficient (Wildman–Crippen LogP) is 1.42. The summed E-state index contributed by atoms with van der Waals surface area (Å²) in [6.45, 7) is 15.6. The summed E-state index contributed by atoms with van der Waals surface area (Å²) >= 11 is 0. The largest absolute Gasteiger partial charge is 0.379 e. The highest BCUT2D eigenvalue weighted by Crippen LogP contribution is 2.22. The summed E-state index contributed by atoms with van der Waals surface area (Å²) in [5, 5.41) is 3.85. The van der Waals surface area contributed by atoms with Gasteiger partial charge >= 0.3 is 0 Å². The van der Waals surface area contributed by atoms with Crippen LogP contribution in [0.5, 0.6) is 0 Å². The number of hydrogen-bond donors (Lipinski definition) is 1. The normalized spacial score (nSPS) is 34.4. The molecule has 2 saturated heterocycles. The van der Waals surface area contributed by atoms with Gasteiger partial charge in [-0.15, -0.1) is 0 Å². The Bertz CT molecular complexity index is 302. The first-order chi connectivity index (χ1) is 9.40. The van der Waals surface area contributed by atoms with Crippen LogP contribution in [0.1, 0.15) is 34.1 Å². The molecule has 0 saturated carbocycles. The molecule has 0 spiro atoms. The van der Waals surface area contributed by atoms with Crippen LogP contribution >= 0.6 is 0 Å². The van der Waals surface area contributed by atoms with Crippen molar-refractivity contribution < 1.29 is 4.74 Å². The minimum atomic E-state index is 0.218. The summed E-state index contributed by atoms with van der Waals surface area (Å²) in [4.78, 5) is 5.04. The maximum absolute atomic E-state index is 5.46. The SMILES string of the molecule is CC1CN(C)C(C)CC1NCC(C)(C)N1CCOCC1. The van der Waals surface area contributed by atoms with E-state index >= 15 is 0 Å². The van der Waals surface area contributed by atoms with E-state index in [1.165, 1.54) is 13.0 Å². The Morgan fingerprint density at radius 3 is 2.50 bits per heavy atom. The molecular formula is C16H33N3O. The van der Waals surface area contributed by atoms with E-state index in [9.17, 15) is 0 Å². The maximum Gasteiger partial charge on any atom is 0.0594 e. The molecule has 0 radical (unpaired) electrons. The number of nitrogens with zero attached hydrogens (tertiary/aromatic N) is 2. The second-order valence-electron chi connectivity index (χ2n) is 7.40. The second-order valence-corrected chi connectivity index (χ2v) is 7.40. The Morgan fingerprint density at radius 1 is 1.20 bits per heavy atom. The molecule has 4 nitrogen and oxygen atoms in total. The molecule has 0 aromatic rings.